The van der Waals surface area contributed by atoms with Crippen molar-refractivity contribution in [3.05, 3.63) is 33.5 Å². The fraction of sp³-hybridized carbons (Fsp3) is 0.333. The first-order valence-electron chi connectivity index (χ1n) is 3.92. The van der Waals surface area contributed by atoms with Crippen molar-refractivity contribution in [1.29, 1.82) is 0 Å². The van der Waals surface area contributed by atoms with E-state index in [1.165, 1.54) is 6.07 Å². The van der Waals surface area contributed by atoms with Crippen LogP contribution in [-0.4, -0.2) is 0 Å². The van der Waals surface area contributed by atoms with Crippen molar-refractivity contribution >= 4 is 15.9 Å². The minimum absolute atomic E-state index is 0.0204. The Morgan fingerprint density at radius 2 is 2.25 bits per heavy atom. The van der Waals surface area contributed by atoms with E-state index in [0.717, 1.165) is 28.4 Å². The lowest BCUT2D eigenvalue weighted by Gasteiger charge is -2.05. The van der Waals surface area contributed by atoms with E-state index in [2.05, 4.69) is 15.9 Å². The molecular weight excluding hydrogens is 221 g/mol. The van der Waals surface area contributed by atoms with Crippen LogP contribution in [0.15, 0.2) is 16.6 Å². The van der Waals surface area contributed by atoms with Gasteiger partial charge in [0, 0.05) is 10.5 Å². The normalized spacial score (nSPS) is 21.1. The molecule has 1 nitrogen and oxygen atoms in total. The molecule has 2 rings (SSSR count). The molecule has 0 spiro atoms. The van der Waals surface area contributed by atoms with Crippen LogP contribution in [0.3, 0.4) is 0 Å². The van der Waals surface area contributed by atoms with Crippen molar-refractivity contribution in [1.82, 2.24) is 0 Å². The highest BCUT2D eigenvalue weighted by atomic mass is 79.9. The molecule has 0 saturated carbocycles. The van der Waals surface area contributed by atoms with E-state index in [1.54, 1.807) is 0 Å². The molecule has 0 heterocycles. The lowest BCUT2D eigenvalue weighted by atomic mass is 10.1. The summed E-state index contributed by atoms with van der Waals surface area (Å²) < 4.78 is 14.0. The van der Waals surface area contributed by atoms with Gasteiger partial charge in [0.15, 0.2) is 0 Å². The van der Waals surface area contributed by atoms with Crippen LogP contribution in [0, 0.1) is 5.82 Å². The quantitative estimate of drug-likeness (QED) is 0.728. The van der Waals surface area contributed by atoms with E-state index in [9.17, 15) is 4.39 Å². The molecule has 1 aromatic carbocycles. The fourth-order valence-electron chi connectivity index (χ4n) is 1.67. The number of rotatable bonds is 0. The summed E-state index contributed by atoms with van der Waals surface area (Å²) in [5.41, 5.74) is 7.55. The monoisotopic (exact) mass is 229 g/mol. The topological polar surface area (TPSA) is 26.0 Å². The largest absolute Gasteiger partial charge is 0.324 e. The smallest absolute Gasteiger partial charge is 0.127 e. The maximum Gasteiger partial charge on any atom is 0.127 e. The summed E-state index contributed by atoms with van der Waals surface area (Å²) in [7, 11) is 0. The molecule has 1 atom stereocenters. The molecular formula is C9H9BrFN. The third-order valence-corrected chi connectivity index (χ3v) is 2.76. The first-order chi connectivity index (χ1) is 5.68. The molecule has 3 heteroatoms. The Labute approximate surface area is 78.9 Å². The number of hydrogen-bond donors (Lipinski definition) is 1. The lowest BCUT2D eigenvalue weighted by Crippen LogP contribution is -2.05. The summed E-state index contributed by atoms with van der Waals surface area (Å²) in [6, 6.07) is 3.43. The first-order valence-corrected chi connectivity index (χ1v) is 4.71. The predicted molar refractivity (Wildman–Crippen MR) is 49.3 cm³/mol. The van der Waals surface area contributed by atoms with Crippen LogP contribution in [0.25, 0.3) is 0 Å². The molecule has 1 aliphatic rings. The first kappa shape index (κ1) is 8.20. The Kier molecular flexibility index (Phi) is 1.93. The van der Waals surface area contributed by atoms with Crippen molar-refractivity contribution in [3.63, 3.8) is 0 Å². The number of benzene rings is 1. The van der Waals surface area contributed by atoms with Crippen LogP contribution in [0.4, 0.5) is 4.39 Å². The van der Waals surface area contributed by atoms with Crippen molar-refractivity contribution in [2.45, 2.75) is 18.9 Å². The van der Waals surface area contributed by atoms with Gasteiger partial charge in [0.25, 0.3) is 0 Å². The van der Waals surface area contributed by atoms with Gasteiger partial charge in [-0.3, -0.25) is 0 Å². The van der Waals surface area contributed by atoms with Gasteiger partial charge in [0.2, 0.25) is 0 Å². The van der Waals surface area contributed by atoms with Crippen molar-refractivity contribution in [2.75, 3.05) is 0 Å². The zero-order valence-electron chi connectivity index (χ0n) is 6.48. The maximum absolute atomic E-state index is 13.2. The Bertz CT molecular complexity index is 325. The highest BCUT2D eigenvalue weighted by Crippen LogP contribution is 2.33. The molecule has 1 aromatic rings. The fourth-order valence-corrected chi connectivity index (χ4v) is 2.12. The number of nitrogens with two attached hydrogens (primary N) is 1. The summed E-state index contributed by atoms with van der Waals surface area (Å²) in [5, 5.41) is 0. The zero-order chi connectivity index (χ0) is 8.72. The molecule has 0 aromatic heterocycles. The van der Waals surface area contributed by atoms with E-state index >= 15 is 0 Å². The van der Waals surface area contributed by atoms with Gasteiger partial charge in [-0.2, -0.15) is 0 Å². The minimum Gasteiger partial charge on any atom is -0.324 e. The third kappa shape index (κ3) is 1.17. The molecule has 64 valence electrons. The van der Waals surface area contributed by atoms with Crippen LogP contribution in [-0.2, 0) is 6.42 Å². The molecule has 2 N–H and O–H groups in total. The van der Waals surface area contributed by atoms with Crippen LogP contribution in [0.1, 0.15) is 23.6 Å². The Morgan fingerprint density at radius 3 is 3.00 bits per heavy atom. The van der Waals surface area contributed by atoms with Gasteiger partial charge in [0.1, 0.15) is 5.82 Å². The Morgan fingerprint density at radius 1 is 1.50 bits per heavy atom. The minimum atomic E-state index is -0.132. The highest BCUT2D eigenvalue weighted by Gasteiger charge is 2.22. The van der Waals surface area contributed by atoms with Crippen molar-refractivity contribution < 1.29 is 4.39 Å². The average molecular weight is 230 g/mol. The number of hydrogen-bond acceptors (Lipinski definition) is 1. The van der Waals surface area contributed by atoms with Gasteiger partial charge in [-0.25, -0.2) is 4.39 Å². The second kappa shape index (κ2) is 2.82. The van der Waals surface area contributed by atoms with Crippen molar-refractivity contribution in [2.24, 2.45) is 5.73 Å². The van der Waals surface area contributed by atoms with Crippen LogP contribution in [0.2, 0.25) is 0 Å². The molecule has 12 heavy (non-hydrogen) atoms. The summed E-state index contributed by atoms with van der Waals surface area (Å²) >= 11 is 3.25. The second-order valence-corrected chi connectivity index (χ2v) is 4.02. The third-order valence-electron chi connectivity index (χ3n) is 2.30. The Balaban J connectivity index is 2.60. The summed E-state index contributed by atoms with van der Waals surface area (Å²) in [6.07, 6.45) is 1.64. The van der Waals surface area contributed by atoms with Crippen LogP contribution >= 0.6 is 15.9 Å². The van der Waals surface area contributed by atoms with Gasteiger partial charge in [-0.1, -0.05) is 15.9 Å². The van der Waals surface area contributed by atoms with Gasteiger partial charge >= 0.3 is 0 Å². The second-order valence-electron chi connectivity index (χ2n) is 3.10. The average Bonchev–Trinajstić information content (AvgIpc) is 2.33. The van der Waals surface area contributed by atoms with Gasteiger partial charge in [0.05, 0.1) is 0 Å². The van der Waals surface area contributed by atoms with E-state index in [1.807, 2.05) is 6.07 Å². The number of halogens is 2. The molecule has 0 radical (unpaired) electrons. The van der Waals surface area contributed by atoms with E-state index < -0.39 is 0 Å². The van der Waals surface area contributed by atoms with E-state index in [0.29, 0.717) is 0 Å². The van der Waals surface area contributed by atoms with E-state index in [4.69, 9.17) is 5.73 Å². The summed E-state index contributed by atoms with van der Waals surface area (Å²) in [6.45, 7) is 0. The Hall–Kier alpha value is -0.410. The zero-order valence-corrected chi connectivity index (χ0v) is 8.07. The van der Waals surface area contributed by atoms with Gasteiger partial charge in [-0.15, -0.1) is 0 Å². The molecule has 0 unspecified atom stereocenters. The molecule has 0 amide bonds. The molecule has 0 bridgehead atoms. The standard InChI is InChI=1S/C9H9BrFN/c10-5-3-7-6(8(11)4-5)1-2-9(7)12/h3-4,9H,1-2,12H2/t9-/m0/s1. The van der Waals surface area contributed by atoms with Crippen LogP contribution in [0.5, 0.6) is 0 Å². The van der Waals surface area contributed by atoms with Gasteiger partial charge in [-0.05, 0) is 36.1 Å². The molecule has 0 aliphatic heterocycles. The van der Waals surface area contributed by atoms with E-state index in [-0.39, 0.29) is 11.9 Å². The molecule has 0 fully saturated rings. The number of fused-ring (bicyclic) bond motifs is 1. The molecule has 0 saturated heterocycles. The summed E-state index contributed by atoms with van der Waals surface area (Å²) in [4.78, 5) is 0. The lowest BCUT2D eigenvalue weighted by molar-refractivity contribution is 0.611. The van der Waals surface area contributed by atoms with Gasteiger partial charge < -0.3 is 5.73 Å². The summed E-state index contributed by atoms with van der Waals surface area (Å²) in [5.74, 6) is -0.132. The maximum atomic E-state index is 13.2. The predicted octanol–water partition coefficient (Wildman–Crippen LogP) is 2.53. The van der Waals surface area contributed by atoms with Crippen LogP contribution < -0.4 is 5.73 Å². The highest BCUT2D eigenvalue weighted by molar-refractivity contribution is 9.10. The SMILES string of the molecule is N[C@H]1CCc2c(F)cc(Br)cc21. The van der Waals surface area contributed by atoms with Crippen molar-refractivity contribution in [3.8, 4) is 0 Å². The molecule has 1 aliphatic carbocycles.